The van der Waals surface area contributed by atoms with Gasteiger partial charge in [-0.25, -0.2) is 0 Å². The second-order valence-corrected chi connectivity index (χ2v) is 7.22. The van der Waals surface area contributed by atoms with E-state index in [2.05, 4.69) is 5.32 Å². The van der Waals surface area contributed by atoms with Crippen LogP contribution in [0.25, 0.3) is 11.3 Å². The van der Waals surface area contributed by atoms with Crippen molar-refractivity contribution < 1.29 is 9.53 Å². The van der Waals surface area contributed by atoms with E-state index in [4.69, 9.17) is 15.1 Å². The summed E-state index contributed by atoms with van der Waals surface area (Å²) in [6.45, 7) is 0.893. The third-order valence-corrected chi connectivity index (χ3v) is 4.90. The maximum absolute atomic E-state index is 13.1. The molecule has 1 aromatic heterocycles. The molecule has 0 aliphatic heterocycles. The van der Waals surface area contributed by atoms with Crippen LogP contribution in [0.15, 0.2) is 91.1 Å². The van der Waals surface area contributed by atoms with Crippen LogP contribution in [0, 0.1) is 11.3 Å². The Labute approximate surface area is 186 Å². The van der Waals surface area contributed by atoms with Gasteiger partial charge in [0.25, 0.3) is 5.91 Å². The van der Waals surface area contributed by atoms with Gasteiger partial charge >= 0.3 is 0 Å². The van der Waals surface area contributed by atoms with Gasteiger partial charge in [0.05, 0.1) is 12.1 Å². The third-order valence-electron chi connectivity index (χ3n) is 4.90. The number of nitrogens with zero attached hydrogens (tertiary/aromatic N) is 3. The van der Waals surface area contributed by atoms with Crippen LogP contribution in [0.3, 0.4) is 0 Å². The largest absolute Gasteiger partial charge is 0.479 e. The molecule has 1 amide bonds. The third kappa shape index (κ3) is 5.21. The predicted octanol–water partition coefficient (Wildman–Crippen LogP) is 4.43. The smallest absolute Gasteiger partial charge is 0.255 e. The molecule has 32 heavy (non-hydrogen) atoms. The average molecular weight is 422 g/mol. The highest BCUT2D eigenvalue weighted by molar-refractivity contribution is 5.99. The lowest BCUT2D eigenvalue weighted by atomic mass is 10.1. The van der Waals surface area contributed by atoms with Gasteiger partial charge in [0.15, 0.2) is 6.61 Å². The molecule has 3 aromatic carbocycles. The molecule has 1 heterocycles. The lowest BCUT2D eigenvalue weighted by molar-refractivity contribution is 0.0951. The van der Waals surface area contributed by atoms with Gasteiger partial charge in [-0.05, 0) is 23.3 Å². The van der Waals surface area contributed by atoms with Crippen LogP contribution < -0.4 is 10.1 Å². The molecule has 0 fully saturated rings. The van der Waals surface area contributed by atoms with Crippen LogP contribution in [-0.4, -0.2) is 22.3 Å². The number of rotatable bonds is 8. The summed E-state index contributed by atoms with van der Waals surface area (Å²) in [7, 11) is 0. The molecule has 0 bridgehead atoms. The number of benzene rings is 3. The van der Waals surface area contributed by atoms with Crippen molar-refractivity contribution in [2.24, 2.45) is 0 Å². The van der Waals surface area contributed by atoms with Gasteiger partial charge in [0.2, 0.25) is 0 Å². The van der Waals surface area contributed by atoms with Crippen molar-refractivity contribution >= 4 is 5.91 Å². The van der Waals surface area contributed by atoms with Crippen LogP contribution in [0.1, 0.15) is 21.5 Å². The van der Waals surface area contributed by atoms with E-state index >= 15 is 0 Å². The Bertz CT molecular complexity index is 1230. The SMILES string of the molecule is N#CCOc1cccc(CNC(=O)c2cn(Cc3ccccc3)nc2-c2ccccc2)c1. The number of ether oxygens (including phenoxy) is 1. The molecule has 0 aliphatic rings. The molecule has 0 spiro atoms. The van der Waals surface area contributed by atoms with Crippen LogP contribution >= 0.6 is 0 Å². The topological polar surface area (TPSA) is 79.9 Å². The molecule has 6 nitrogen and oxygen atoms in total. The quantitative estimate of drug-likeness (QED) is 0.456. The van der Waals surface area contributed by atoms with Crippen molar-refractivity contribution in [1.82, 2.24) is 15.1 Å². The summed E-state index contributed by atoms with van der Waals surface area (Å²) in [5.41, 5.74) is 4.04. The molecular formula is C26H22N4O2. The first-order valence-corrected chi connectivity index (χ1v) is 10.3. The first kappa shape index (κ1) is 20.9. The lowest BCUT2D eigenvalue weighted by Crippen LogP contribution is -2.23. The fourth-order valence-corrected chi connectivity index (χ4v) is 3.39. The number of carbonyl (C=O) groups excluding carboxylic acids is 1. The molecule has 4 rings (SSSR count). The minimum absolute atomic E-state index is 0.0170. The van der Waals surface area contributed by atoms with E-state index in [1.807, 2.05) is 84.9 Å². The first-order chi connectivity index (χ1) is 15.7. The predicted molar refractivity (Wildman–Crippen MR) is 122 cm³/mol. The molecule has 0 radical (unpaired) electrons. The number of carbonyl (C=O) groups is 1. The molecule has 0 aliphatic carbocycles. The lowest BCUT2D eigenvalue weighted by Gasteiger charge is -2.07. The summed E-state index contributed by atoms with van der Waals surface area (Å²) < 4.78 is 7.13. The Morgan fingerprint density at radius 1 is 0.969 bits per heavy atom. The summed E-state index contributed by atoms with van der Waals surface area (Å²) >= 11 is 0. The molecule has 0 atom stereocenters. The maximum atomic E-state index is 13.1. The van der Waals surface area contributed by atoms with Gasteiger partial charge in [-0.3, -0.25) is 9.48 Å². The summed E-state index contributed by atoms with van der Waals surface area (Å²) in [5.74, 6) is 0.394. The Hall–Kier alpha value is -4.37. The Morgan fingerprint density at radius 3 is 2.44 bits per heavy atom. The molecule has 0 saturated heterocycles. The zero-order chi connectivity index (χ0) is 22.2. The van der Waals surface area contributed by atoms with Gasteiger partial charge in [-0.2, -0.15) is 10.4 Å². The van der Waals surface area contributed by atoms with Crippen LogP contribution in [-0.2, 0) is 13.1 Å². The van der Waals surface area contributed by atoms with E-state index in [1.54, 1.807) is 16.9 Å². The van der Waals surface area contributed by atoms with Crippen LogP contribution in [0.2, 0.25) is 0 Å². The van der Waals surface area contributed by atoms with Crippen molar-refractivity contribution in [2.75, 3.05) is 6.61 Å². The van der Waals surface area contributed by atoms with Gasteiger partial charge in [0, 0.05) is 18.3 Å². The highest BCUT2D eigenvalue weighted by Gasteiger charge is 2.18. The summed E-state index contributed by atoms with van der Waals surface area (Å²) in [6.07, 6.45) is 1.79. The number of hydrogen-bond acceptors (Lipinski definition) is 4. The van der Waals surface area contributed by atoms with E-state index in [0.717, 1.165) is 16.7 Å². The fraction of sp³-hybridized carbons (Fsp3) is 0.115. The maximum Gasteiger partial charge on any atom is 0.255 e. The molecule has 0 unspecified atom stereocenters. The first-order valence-electron chi connectivity index (χ1n) is 10.3. The van der Waals surface area contributed by atoms with Crippen LogP contribution in [0.4, 0.5) is 0 Å². The normalized spacial score (nSPS) is 10.3. The number of hydrogen-bond donors (Lipinski definition) is 1. The van der Waals surface area contributed by atoms with Crippen molar-refractivity contribution in [3.63, 3.8) is 0 Å². The highest BCUT2D eigenvalue weighted by atomic mass is 16.5. The molecule has 1 N–H and O–H groups in total. The molecule has 0 saturated carbocycles. The van der Waals surface area contributed by atoms with E-state index in [1.165, 1.54) is 0 Å². The Balaban J connectivity index is 1.54. The molecule has 6 heteroatoms. The van der Waals surface area contributed by atoms with Crippen molar-refractivity contribution in [3.8, 4) is 23.1 Å². The van der Waals surface area contributed by atoms with E-state index in [0.29, 0.717) is 30.1 Å². The summed E-state index contributed by atoms with van der Waals surface area (Å²) in [4.78, 5) is 13.1. The molecule has 4 aromatic rings. The minimum Gasteiger partial charge on any atom is -0.479 e. The molecule has 158 valence electrons. The number of aromatic nitrogens is 2. The standard InChI is InChI=1S/C26H22N4O2/c27-14-15-32-23-13-7-10-21(16-23)17-28-26(31)24-19-30(18-20-8-3-1-4-9-20)29-25(24)22-11-5-2-6-12-22/h1-13,16,19H,15,17-18H2,(H,28,31). The molecular weight excluding hydrogens is 400 g/mol. The van der Waals surface area contributed by atoms with Crippen molar-refractivity contribution in [1.29, 1.82) is 5.26 Å². The van der Waals surface area contributed by atoms with Gasteiger partial charge in [-0.15, -0.1) is 0 Å². The number of amides is 1. The minimum atomic E-state index is -0.202. The van der Waals surface area contributed by atoms with Gasteiger partial charge < -0.3 is 10.1 Å². The number of nitrogens with one attached hydrogen (secondary N) is 1. The summed E-state index contributed by atoms with van der Waals surface area (Å²) in [6, 6.07) is 29.0. The second-order valence-electron chi connectivity index (χ2n) is 7.22. The Kier molecular flexibility index (Phi) is 6.59. The second kappa shape index (κ2) is 10.1. The Morgan fingerprint density at radius 2 is 1.69 bits per heavy atom. The zero-order valence-electron chi connectivity index (χ0n) is 17.4. The van der Waals surface area contributed by atoms with Crippen LogP contribution in [0.5, 0.6) is 5.75 Å². The van der Waals surface area contributed by atoms with Crippen molar-refractivity contribution in [3.05, 3.63) is 108 Å². The monoisotopic (exact) mass is 422 g/mol. The summed E-state index contributed by atoms with van der Waals surface area (Å²) in [5, 5.41) is 16.4. The van der Waals surface area contributed by atoms with E-state index < -0.39 is 0 Å². The van der Waals surface area contributed by atoms with Crippen molar-refractivity contribution in [2.45, 2.75) is 13.1 Å². The van der Waals surface area contributed by atoms with Gasteiger partial charge in [0.1, 0.15) is 17.5 Å². The highest BCUT2D eigenvalue weighted by Crippen LogP contribution is 2.23. The number of nitriles is 1. The van der Waals surface area contributed by atoms with E-state index in [9.17, 15) is 4.79 Å². The average Bonchev–Trinajstić information content (AvgIpc) is 3.26. The zero-order valence-corrected chi connectivity index (χ0v) is 17.4. The fourth-order valence-electron chi connectivity index (χ4n) is 3.39. The van der Waals surface area contributed by atoms with Gasteiger partial charge in [-0.1, -0.05) is 72.8 Å². The van der Waals surface area contributed by atoms with E-state index in [-0.39, 0.29) is 12.5 Å².